The van der Waals surface area contributed by atoms with Crippen LogP contribution in [-0.2, 0) is 0 Å². The van der Waals surface area contributed by atoms with Crippen LogP contribution >= 0.6 is 11.8 Å². The second-order valence-electron chi connectivity index (χ2n) is 4.48. The molecule has 17 heavy (non-hydrogen) atoms. The molecule has 0 spiro atoms. The normalized spacial score (nSPS) is 18.8. The highest BCUT2D eigenvalue weighted by Crippen LogP contribution is 2.29. The fourth-order valence-electron chi connectivity index (χ4n) is 2.12. The van der Waals surface area contributed by atoms with Gasteiger partial charge in [-0.05, 0) is 25.2 Å². The van der Waals surface area contributed by atoms with Crippen LogP contribution in [0.15, 0.2) is 18.2 Å². The lowest BCUT2D eigenvalue weighted by atomic mass is 10.1. The van der Waals surface area contributed by atoms with Crippen LogP contribution in [0.5, 0.6) is 5.75 Å². The van der Waals surface area contributed by atoms with Gasteiger partial charge in [0.05, 0.1) is 0 Å². The summed E-state index contributed by atoms with van der Waals surface area (Å²) in [6.45, 7) is 4.02. The molecule has 1 atom stereocenters. The Morgan fingerprint density at radius 2 is 2.18 bits per heavy atom. The Labute approximate surface area is 107 Å². The summed E-state index contributed by atoms with van der Waals surface area (Å²) in [7, 11) is 0. The van der Waals surface area contributed by atoms with E-state index in [0.717, 1.165) is 30.1 Å². The molecule has 0 saturated carbocycles. The highest BCUT2D eigenvalue weighted by molar-refractivity contribution is 7.99. The van der Waals surface area contributed by atoms with Gasteiger partial charge in [0.2, 0.25) is 0 Å². The van der Waals surface area contributed by atoms with Crippen molar-refractivity contribution in [1.29, 1.82) is 0 Å². The van der Waals surface area contributed by atoms with E-state index >= 15 is 0 Å². The predicted molar refractivity (Wildman–Crippen MR) is 74.9 cm³/mol. The molecular formula is C13H20N2OS. The first-order valence-electron chi connectivity index (χ1n) is 6.09. The predicted octanol–water partition coefficient (Wildman–Crippen LogP) is 2.36. The van der Waals surface area contributed by atoms with Gasteiger partial charge in [-0.1, -0.05) is 6.07 Å². The van der Waals surface area contributed by atoms with E-state index in [1.807, 2.05) is 30.8 Å². The van der Waals surface area contributed by atoms with Crippen LogP contribution in [0.25, 0.3) is 0 Å². The number of benzene rings is 1. The third-order valence-corrected chi connectivity index (χ3v) is 4.14. The van der Waals surface area contributed by atoms with Gasteiger partial charge in [-0.25, -0.2) is 0 Å². The van der Waals surface area contributed by atoms with Crippen molar-refractivity contribution in [2.75, 3.05) is 29.5 Å². The number of rotatable bonds is 2. The Bertz CT molecular complexity index is 374. The lowest BCUT2D eigenvalue weighted by Crippen LogP contribution is -2.25. The number of nitrogens with two attached hydrogens (primary N) is 1. The number of phenols is 1. The Balaban J connectivity index is 2.18. The number of nitrogens with zero attached hydrogens (tertiary/aromatic N) is 1. The van der Waals surface area contributed by atoms with E-state index in [0.29, 0.717) is 5.75 Å². The van der Waals surface area contributed by atoms with Crippen molar-refractivity contribution >= 4 is 17.4 Å². The van der Waals surface area contributed by atoms with Crippen LogP contribution in [0, 0.1) is 0 Å². The van der Waals surface area contributed by atoms with E-state index in [1.165, 1.54) is 12.2 Å². The van der Waals surface area contributed by atoms with Crippen LogP contribution in [0.1, 0.15) is 24.9 Å². The molecule has 1 aromatic carbocycles. The summed E-state index contributed by atoms with van der Waals surface area (Å²) in [5.41, 5.74) is 7.71. The lowest BCUT2D eigenvalue weighted by molar-refractivity contribution is 0.463. The maximum atomic E-state index is 9.95. The topological polar surface area (TPSA) is 49.5 Å². The number of hydrogen-bond donors (Lipinski definition) is 2. The quantitative estimate of drug-likeness (QED) is 0.848. The maximum Gasteiger partial charge on any atom is 0.122 e. The van der Waals surface area contributed by atoms with Gasteiger partial charge in [-0.2, -0.15) is 11.8 Å². The molecule has 4 heteroatoms. The average molecular weight is 252 g/mol. The van der Waals surface area contributed by atoms with Crippen molar-refractivity contribution < 1.29 is 5.11 Å². The molecular weight excluding hydrogens is 232 g/mol. The van der Waals surface area contributed by atoms with Crippen molar-refractivity contribution in [2.45, 2.75) is 19.4 Å². The zero-order chi connectivity index (χ0) is 12.3. The molecule has 0 aliphatic carbocycles. The summed E-state index contributed by atoms with van der Waals surface area (Å²) in [4.78, 5) is 2.34. The first-order chi connectivity index (χ1) is 8.18. The van der Waals surface area contributed by atoms with E-state index in [-0.39, 0.29) is 6.04 Å². The van der Waals surface area contributed by atoms with Gasteiger partial charge in [0.1, 0.15) is 5.75 Å². The van der Waals surface area contributed by atoms with Gasteiger partial charge in [-0.3, -0.25) is 0 Å². The standard InChI is InChI=1S/C13H20N2OS/c1-10(14)12-4-3-11(9-13(12)16)15-5-2-7-17-8-6-15/h3-4,9-10,16H,2,5-8,14H2,1H3. The fourth-order valence-corrected chi connectivity index (χ4v) is 3.00. The van der Waals surface area contributed by atoms with Crippen molar-refractivity contribution in [3.05, 3.63) is 23.8 Å². The van der Waals surface area contributed by atoms with Crippen LogP contribution in [0.4, 0.5) is 5.69 Å². The summed E-state index contributed by atoms with van der Waals surface area (Å²) in [6.07, 6.45) is 1.21. The minimum absolute atomic E-state index is 0.122. The van der Waals surface area contributed by atoms with Gasteiger partial charge in [-0.15, -0.1) is 0 Å². The molecule has 0 amide bonds. The Hall–Kier alpha value is -0.870. The molecule has 0 radical (unpaired) electrons. The molecule has 1 aliphatic heterocycles. The monoisotopic (exact) mass is 252 g/mol. The Kier molecular flexibility index (Phi) is 4.18. The van der Waals surface area contributed by atoms with E-state index in [1.54, 1.807) is 0 Å². The second-order valence-corrected chi connectivity index (χ2v) is 5.71. The number of hydrogen-bond acceptors (Lipinski definition) is 4. The molecule has 3 N–H and O–H groups in total. The first-order valence-corrected chi connectivity index (χ1v) is 7.25. The van der Waals surface area contributed by atoms with Crippen LogP contribution in [0.3, 0.4) is 0 Å². The number of aromatic hydroxyl groups is 1. The third kappa shape index (κ3) is 3.07. The molecule has 0 bridgehead atoms. The summed E-state index contributed by atoms with van der Waals surface area (Å²) >= 11 is 2.00. The molecule has 3 nitrogen and oxygen atoms in total. The molecule has 2 rings (SSSR count). The van der Waals surface area contributed by atoms with E-state index in [9.17, 15) is 5.11 Å². The average Bonchev–Trinajstić information content (AvgIpc) is 2.56. The summed E-state index contributed by atoms with van der Waals surface area (Å²) in [5, 5.41) is 9.95. The molecule has 1 aromatic rings. The van der Waals surface area contributed by atoms with Gasteiger partial charge in [0.25, 0.3) is 0 Å². The van der Waals surface area contributed by atoms with Crippen LogP contribution in [0.2, 0.25) is 0 Å². The molecule has 1 aliphatic rings. The van der Waals surface area contributed by atoms with Crippen molar-refractivity contribution in [1.82, 2.24) is 0 Å². The highest BCUT2D eigenvalue weighted by Gasteiger charge is 2.13. The fraction of sp³-hybridized carbons (Fsp3) is 0.538. The SMILES string of the molecule is CC(N)c1ccc(N2CCCSCC2)cc1O. The van der Waals surface area contributed by atoms with Crippen LogP contribution in [-0.4, -0.2) is 29.7 Å². The zero-order valence-corrected chi connectivity index (χ0v) is 11.0. The maximum absolute atomic E-state index is 9.95. The summed E-state index contributed by atoms with van der Waals surface area (Å²) < 4.78 is 0. The highest BCUT2D eigenvalue weighted by atomic mass is 32.2. The van der Waals surface area contributed by atoms with E-state index < -0.39 is 0 Å². The molecule has 1 fully saturated rings. The third-order valence-electron chi connectivity index (χ3n) is 3.09. The van der Waals surface area contributed by atoms with Gasteiger partial charge < -0.3 is 15.7 Å². The molecule has 1 saturated heterocycles. The van der Waals surface area contributed by atoms with E-state index in [2.05, 4.69) is 11.0 Å². The summed E-state index contributed by atoms with van der Waals surface area (Å²) in [6, 6.07) is 5.72. The number of phenolic OH excluding ortho intramolecular Hbond substituents is 1. The van der Waals surface area contributed by atoms with Crippen molar-refractivity contribution in [3.8, 4) is 5.75 Å². The minimum Gasteiger partial charge on any atom is -0.508 e. The Morgan fingerprint density at radius 1 is 1.35 bits per heavy atom. The smallest absolute Gasteiger partial charge is 0.122 e. The Morgan fingerprint density at radius 3 is 2.88 bits per heavy atom. The van der Waals surface area contributed by atoms with Gasteiger partial charge >= 0.3 is 0 Å². The summed E-state index contributed by atoms with van der Waals surface area (Å²) in [5.74, 6) is 2.71. The minimum atomic E-state index is -0.122. The first kappa shape index (κ1) is 12.6. The number of anilines is 1. The van der Waals surface area contributed by atoms with Crippen molar-refractivity contribution in [2.24, 2.45) is 5.73 Å². The number of thioether (sulfide) groups is 1. The van der Waals surface area contributed by atoms with Gasteiger partial charge in [0, 0.05) is 42.2 Å². The second kappa shape index (κ2) is 5.65. The van der Waals surface area contributed by atoms with Crippen LogP contribution < -0.4 is 10.6 Å². The largest absolute Gasteiger partial charge is 0.508 e. The molecule has 94 valence electrons. The molecule has 0 aromatic heterocycles. The van der Waals surface area contributed by atoms with Gasteiger partial charge in [0.15, 0.2) is 0 Å². The van der Waals surface area contributed by atoms with Crippen molar-refractivity contribution in [3.63, 3.8) is 0 Å². The van der Waals surface area contributed by atoms with E-state index in [4.69, 9.17) is 5.73 Å². The zero-order valence-electron chi connectivity index (χ0n) is 10.2. The molecule has 1 heterocycles. The molecule has 1 unspecified atom stereocenters. The lowest BCUT2D eigenvalue weighted by Gasteiger charge is -2.23.